The van der Waals surface area contributed by atoms with Crippen molar-refractivity contribution < 1.29 is 4.79 Å². The first kappa shape index (κ1) is 16.1. The second kappa shape index (κ2) is 6.50. The lowest BCUT2D eigenvalue weighted by molar-refractivity contribution is 0.102. The van der Waals surface area contributed by atoms with Crippen LogP contribution in [0.3, 0.4) is 0 Å². The van der Waals surface area contributed by atoms with Gasteiger partial charge >= 0.3 is 0 Å². The number of aryl methyl sites for hydroxylation is 1. The number of benzene rings is 1. The Morgan fingerprint density at radius 2 is 1.88 bits per heavy atom. The van der Waals surface area contributed by atoms with E-state index >= 15 is 0 Å². The van der Waals surface area contributed by atoms with Crippen molar-refractivity contribution in [2.75, 3.05) is 43.4 Å². The van der Waals surface area contributed by atoms with Crippen molar-refractivity contribution >= 4 is 33.6 Å². The molecule has 7 heteroatoms. The fourth-order valence-electron chi connectivity index (χ4n) is 3.02. The first-order chi connectivity index (χ1) is 12.1. The van der Waals surface area contributed by atoms with E-state index in [9.17, 15) is 4.79 Å². The van der Waals surface area contributed by atoms with Crippen LogP contribution in [0.5, 0.6) is 0 Å². The first-order valence-corrected chi connectivity index (χ1v) is 9.26. The van der Waals surface area contributed by atoms with Gasteiger partial charge in [0.25, 0.3) is 5.91 Å². The van der Waals surface area contributed by atoms with Gasteiger partial charge in [-0.2, -0.15) is 0 Å². The highest BCUT2D eigenvalue weighted by molar-refractivity contribution is 7.15. The van der Waals surface area contributed by atoms with E-state index in [0.717, 1.165) is 42.5 Å². The third kappa shape index (κ3) is 3.25. The number of hydrogen-bond donors (Lipinski definition) is 1. The molecule has 1 amide bonds. The van der Waals surface area contributed by atoms with Crippen molar-refractivity contribution in [3.63, 3.8) is 0 Å². The van der Waals surface area contributed by atoms with E-state index in [1.54, 1.807) is 6.20 Å². The number of rotatable bonds is 3. The first-order valence-electron chi connectivity index (χ1n) is 8.38. The lowest BCUT2D eigenvalue weighted by atomic mass is 10.2. The summed E-state index contributed by atoms with van der Waals surface area (Å²) in [5.41, 5.74) is 3.52. The second-order valence-corrected chi connectivity index (χ2v) is 7.28. The van der Waals surface area contributed by atoms with E-state index in [1.165, 1.54) is 17.0 Å². The van der Waals surface area contributed by atoms with Crippen molar-refractivity contribution in [1.29, 1.82) is 0 Å². The minimum absolute atomic E-state index is 0.178. The van der Waals surface area contributed by atoms with Crippen molar-refractivity contribution in [2.45, 2.75) is 6.92 Å². The third-order valence-electron chi connectivity index (χ3n) is 4.61. The monoisotopic (exact) mass is 355 g/mol. The highest BCUT2D eigenvalue weighted by Crippen LogP contribution is 2.20. The molecule has 0 unspecified atom stereocenters. The molecule has 6 nitrogen and oxygen atoms in total. The summed E-state index contributed by atoms with van der Waals surface area (Å²) in [6.45, 7) is 6.23. The molecule has 2 aromatic heterocycles. The number of nitrogens with one attached hydrogen (secondary N) is 1. The number of amides is 1. The molecule has 0 aliphatic carbocycles. The molecule has 1 saturated heterocycles. The Hall–Kier alpha value is -2.38. The lowest BCUT2D eigenvalue weighted by Gasteiger charge is -2.34. The van der Waals surface area contributed by atoms with Gasteiger partial charge in [0.15, 0.2) is 4.96 Å². The molecule has 130 valence electrons. The summed E-state index contributed by atoms with van der Waals surface area (Å²) < 4.78 is 1.94. The maximum atomic E-state index is 12.4. The average molecular weight is 355 g/mol. The Balaban J connectivity index is 1.44. The van der Waals surface area contributed by atoms with Crippen LogP contribution in [0.15, 0.2) is 35.8 Å². The Labute approximate surface area is 150 Å². The molecule has 0 spiro atoms. The topological polar surface area (TPSA) is 52.9 Å². The van der Waals surface area contributed by atoms with E-state index in [-0.39, 0.29) is 5.91 Å². The van der Waals surface area contributed by atoms with E-state index < -0.39 is 0 Å². The lowest BCUT2D eigenvalue weighted by Crippen LogP contribution is -2.44. The number of piperazine rings is 1. The van der Waals surface area contributed by atoms with Crippen molar-refractivity contribution in [3.8, 4) is 0 Å². The number of imidazole rings is 1. The zero-order valence-corrected chi connectivity index (χ0v) is 15.2. The fourth-order valence-corrected chi connectivity index (χ4v) is 3.87. The zero-order valence-electron chi connectivity index (χ0n) is 14.4. The molecule has 1 aromatic carbocycles. The predicted molar refractivity (Wildman–Crippen MR) is 102 cm³/mol. The highest BCUT2D eigenvalue weighted by Gasteiger charge is 2.15. The number of aromatic nitrogens is 2. The van der Waals surface area contributed by atoms with Crippen molar-refractivity contribution in [1.82, 2.24) is 14.3 Å². The second-order valence-electron chi connectivity index (χ2n) is 6.45. The van der Waals surface area contributed by atoms with Gasteiger partial charge in [-0.25, -0.2) is 4.98 Å². The number of carbonyl (C=O) groups excluding carboxylic acids is 1. The normalized spacial score (nSPS) is 15.7. The van der Waals surface area contributed by atoms with Gasteiger partial charge in [-0.1, -0.05) is 0 Å². The van der Waals surface area contributed by atoms with Crippen LogP contribution in [0.2, 0.25) is 0 Å². The Morgan fingerprint density at radius 1 is 1.16 bits per heavy atom. The van der Waals surface area contributed by atoms with Crippen LogP contribution in [0.1, 0.15) is 16.2 Å². The van der Waals surface area contributed by atoms with E-state index in [0.29, 0.717) is 5.69 Å². The van der Waals surface area contributed by atoms with Gasteiger partial charge in [0.05, 0.1) is 0 Å². The van der Waals surface area contributed by atoms with Crippen LogP contribution in [0.25, 0.3) is 4.96 Å². The standard InChI is InChI=1S/C18H21N5OS/c1-13-12-25-18-20-16(11-23(13)18)17(24)19-14-3-5-15(6-4-14)22-9-7-21(2)8-10-22/h3-6,11-12H,7-10H2,1-2H3,(H,19,24). The smallest absolute Gasteiger partial charge is 0.275 e. The average Bonchev–Trinajstić information content (AvgIpc) is 3.19. The van der Waals surface area contributed by atoms with Gasteiger partial charge in [-0.05, 0) is 38.2 Å². The van der Waals surface area contributed by atoms with Gasteiger partial charge in [0, 0.05) is 54.8 Å². The molecule has 0 bridgehead atoms. The van der Waals surface area contributed by atoms with Gasteiger partial charge < -0.3 is 15.1 Å². The molecule has 25 heavy (non-hydrogen) atoms. The number of anilines is 2. The van der Waals surface area contributed by atoms with Crippen LogP contribution < -0.4 is 10.2 Å². The van der Waals surface area contributed by atoms with Crippen LogP contribution in [-0.4, -0.2) is 53.4 Å². The minimum Gasteiger partial charge on any atom is -0.369 e. The van der Waals surface area contributed by atoms with Crippen LogP contribution in [0.4, 0.5) is 11.4 Å². The number of hydrogen-bond acceptors (Lipinski definition) is 5. The Bertz CT molecular complexity index is 890. The summed E-state index contributed by atoms with van der Waals surface area (Å²) in [6, 6.07) is 8.04. The van der Waals surface area contributed by atoms with Crippen LogP contribution in [-0.2, 0) is 0 Å². The molecule has 1 fully saturated rings. The third-order valence-corrected chi connectivity index (χ3v) is 5.57. The molecule has 1 aliphatic rings. The summed E-state index contributed by atoms with van der Waals surface area (Å²) in [4.78, 5) is 22.4. The Kier molecular flexibility index (Phi) is 4.19. The number of nitrogens with zero attached hydrogens (tertiary/aromatic N) is 4. The van der Waals surface area contributed by atoms with Gasteiger partial charge in [-0.3, -0.25) is 9.20 Å². The number of carbonyl (C=O) groups is 1. The number of likely N-dealkylation sites (N-methyl/N-ethyl adjacent to an activating group) is 1. The van der Waals surface area contributed by atoms with E-state index in [1.807, 2.05) is 28.8 Å². The molecular formula is C18H21N5OS. The largest absolute Gasteiger partial charge is 0.369 e. The molecule has 0 radical (unpaired) electrons. The van der Waals surface area contributed by atoms with Gasteiger partial charge in [0.2, 0.25) is 0 Å². The van der Waals surface area contributed by atoms with E-state index in [2.05, 4.69) is 39.3 Å². The number of thiazole rings is 1. The molecule has 1 N–H and O–H groups in total. The maximum Gasteiger partial charge on any atom is 0.275 e. The molecule has 3 aromatic rings. The van der Waals surface area contributed by atoms with Gasteiger partial charge in [0.1, 0.15) is 5.69 Å². The quantitative estimate of drug-likeness (QED) is 0.785. The summed E-state index contributed by atoms with van der Waals surface area (Å²) >= 11 is 1.54. The molecule has 0 atom stereocenters. The molecule has 0 saturated carbocycles. The van der Waals surface area contributed by atoms with Gasteiger partial charge in [-0.15, -0.1) is 11.3 Å². The molecule has 4 rings (SSSR count). The number of fused-ring (bicyclic) bond motifs is 1. The Morgan fingerprint density at radius 3 is 2.56 bits per heavy atom. The van der Waals surface area contributed by atoms with Crippen molar-refractivity contribution in [2.24, 2.45) is 0 Å². The van der Waals surface area contributed by atoms with Crippen molar-refractivity contribution in [3.05, 3.63) is 47.2 Å². The van der Waals surface area contributed by atoms with Crippen LogP contribution in [0, 0.1) is 6.92 Å². The summed E-state index contributed by atoms with van der Waals surface area (Å²) in [6.07, 6.45) is 1.79. The summed E-state index contributed by atoms with van der Waals surface area (Å²) in [7, 11) is 2.15. The summed E-state index contributed by atoms with van der Waals surface area (Å²) in [5, 5.41) is 4.96. The SMILES string of the molecule is Cc1csc2nc(C(=O)Nc3ccc(N4CCN(C)CC4)cc3)cn12. The molecule has 3 heterocycles. The summed E-state index contributed by atoms with van der Waals surface area (Å²) in [5.74, 6) is -0.178. The maximum absolute atomic E-state index is 12.4. The van der Waals surface area contributed by atoms with Crippen LogP contribution >= 0.6 is 11.3 Å². The molecule has 1 aliphatic heterocycles. The fraction of sp³-hybridized carbons (Fsp3) is 0.333. The zero-order chi connectivity index (χ0) is 17.4. The predicted octanol–water partition coefficient (Wildman–Crippen LogP) is 2.71. The minimum atomic E-state index is -0.178. The molecular weight excluding hydrogens is 334 g/mol. The highest BCUT2D eigenvalue weighted by atomic mass is 32.1. The van der Waals surface area contributed by atoms with E-state index in [4.69, 9.17) is 0 Å².